The Morgan fingerprint density at radius 1 is 0.892 bits per heavy atom. The lowest BCUT2D eigenvalue weighted by atomic mass is 9.94. The van der Waals surface area contributed by atoms with E-state index < -0.39 is 8.32 Å². The zero-order chi connectivity index (χ0) is 27.3. The third-order valence-corrected chi connectivity index (χ3v) is 11.8. The van der Waals surface area contributed by atoms with Gasteiger partial charge in [-0.05, 0) is 71.6 Å². The number of ketones is 1. The fourth-order valence-corrected chi connectivity index (χ4v) is 4.82. The molecule has 0 aromatic heterocycles. The van der Waals surface area contributed by atoms with Crippen LogP contribution in [0.15, 0.2) is 42.5 Å². The van der Waals surface area contributed by atoms with Gasteiger partial charge in [0.25, 0.3) is 0 Å². The minimum absolute atomic E-state index is 0.154. The molecule has 206 valence electrons. The fraction of sp³-hybridized carbons (Fsp3) is 0.581. The quantitative estimate of drug-likeness (QED) is 0.183. The summed E-state index contributed by atoms with van der Waals surface area (Å²) in [6, 6.07) is 15.6. The molecule has 0 aliphatic heterocycles. The lowest BCUT2D eigenvalue weighted by Gasteiger charge is -2.36. The van der Waals surface area contributed by atoms with Crippen LogP contribution >= 0.6 is 0 Å². The molecule has 37 heavy (non-hydrogen) atoms. The van der Waals surface area contributed by atoms with E-state index in [0.717, 1.165) is 25.7 Å². The molecule has 2 rings (SSSR count). The fourth-order valence-electron chi connectivity index (χ4n) is 3.86. The van der Waals surface area contributed by atoms with Gasteiger partial charge >= 0.3 is 0 Å². The summed E-state index contributed by atoms with van der Waals surface area (Å²) >= 11 is 0. The lowest BCUT2D eigenvalue weighted by Crippen LogP contribution is -2.40. The molecule has 0 spiro atoms. The predicted octanol–water partition coefficient (Wildman–Crippen LogP) is 6.71. The van der Waals surface area contributed by atoms with Gasteiger partial charge in [-0.1, -0.05) is 70.2 Å². The topological polar surface area (TPSA) is 70.8 Å². The SMILES string of the molecule is CCc1ccc(-c2ccc(CO[Si](C)(C)C(C)(C)C)cc2)cc1CCCCC(=O)COCCOCCN. The molecule has 0 bridgehead atoms. The molecular weight excluding hydrogens is 478 g/mol. The summed E-state index contributed by atoms with van der Waals surface area (Å²) in [5, 5.41) is 0.214. The normalized spacial score (nSPS) is 12.2. The second-order valence-corrected chi connectivity index (χ2v) is 16.1. The lowest BCUT2D eigenvalue weighted by molar-refractivity contribution is -0.124. The Morgan fingerprint density at radius 3 is 2.22 bits per heavy atom. The number of nitrogens with two attached hydrogens (primary N) is 1. The number of rotatable bonds is 17. The van der Waals surface area contributed by atoms with Crippen LogP contribution in [-0.2, 0) is 38.1 Å². The van der Waals surface area contributed by atoms with Crippen molar-refractivity contribution >= 4 is 14.1 Å². The van der Waals surface area contributed by atoms with Gasteiger partial charge in [0, 0.05) is 13.0 Å². The minimum atomic E-state index is -1.76. The van der Waals surface area contributed by atoms with Crippen LogP contribution in [0.3, 0.4) is 0 Å². The van der Waals surface area contributed by atoms with Crippen molar-refractivity contribution in [2.24, 2.45) is 5.73 Å². The Hall–Kier alpha value is -1.83. The first-order chi connectivity index (χ1) is 17.6. The predicted molar refractivity (Wildman–Crippen MR) is 156 cm³/mol. The molecule has 0 aliphatic carbocycles. The van der Waals surface area contributed by atoms with Crippen LogP contribution in [0.5, 0.6) is 0 Å². The number of unbranched alkanes of at least 4 members (excludes halogenated alkanes) is 1. The van der Waals surface area contributed by atoms with E-state index in [4.69, 9.17) is 19.6 Å². The molecular formula is C31H49NO4Si. The van der Waals surface area contributed by atoms with Gasteiger partial charge in [-0.25, -0.2) is 0 Å². The van der Waals surface area contributed by atoms with Crippen LogP contribution in [0, 0.1) is 0 Å². The van der Waals surface area contributed by atoms with Crippen molar-refractivity contribution in [3.63, 3.8) is 0 Å². The molecule has 2 N–H and O–H groups in total. The van der Waals surface area contributed by atoms with Crippen molar-refractivity contribution in [1.82, 2.24) is 0 Å². The van der Waals surface area contributed by atoms with E-state index in [2.05, 4.69) is 83.3 Å². The van der Waals surface area contributed by atoms with Crippen molar-refractivity contribution in [3.8, 4) is 11.1 Å². The summed E-state index contributed by atoms with van der Waals surface area (Å²) in [6.07, 6.45) is 4.42. The second-order valence-electron chi connectivity index (χ2n) is 11.3. The number of benzene rings is 2. The highest BCUT2D eigenvalue weighted by molar-refractivity contribution is 6.74. The summed E-state index contributed by atoms with van der Waals surface area (Å²) in [7, 11) is -1.76. The summed E-state index contributed by atoms with van der Waals surface area (Å²) in [5.41, 5.74) is 11.8. The molecule has 6 heteroatoms. The second kappa shape index (κ2) is 15.5. The van der Waals surface area contributed by atoms with Crippen LogP contribution in [0.25, 0.3) is 11.1 Å². The van der Waals surface area contributed by atoms with Gasteiger partial charge in [0.15, 0.2) is 14.1 Å². The average molecular weight is 528 g/mol. The zero-order valence-corrected chi connectivity index (χ0v) is 25.0. The van der Waals surface area contributed by atoms with E-state index in [9.17, 15) is 4.79 Å². The van der Waals surface area contributed by atoms with E-state index in [1.807, 2.05) is 0 Å². The largest absolute Gasteiger partial charge is 0.413 e. The average Bonchev–Trinajstić information content (AvgIpc) is 2.87. The summed E-state index contributed by atoms with van der Waals surface area (Å²) < 4.78 is 17.0. The van der Waals surface area contributed by atoms with Gasteiger partial charge in [0.05, 0.1) is 26.4 Å². The third kappa shape index (κ3) is 10.8. The van der Waals surface area contributed by atoms with Crippen LogP contribution in [0.4, 0.5) is 0 Å². The smallest absolute Gasteiger partial charge is 0.192 e. The van der Waals surface area contributed by atoms with Gasteiger partial charge in [-0.3, -0.25) is 4.79 Å². The Balaban J connectivity index is 1.87. The van der Waals surface area contributed by atoms with Crippen LogP contribution in [-0.4, -0.2) is 47.1 Å². The molecule has 0 atom stereocenters. The molecule has 2 aromatic carbocycles. The first-order valence-electron chi connectivity index (χ1n) is 13.8. The van der Waals surface area contributed by atoms with E-state index in [-0.39, 0.29) is 17.4 Å². The summed E-state index contributed by atoms with van der Waals surface area (Å²) in [5.74, 6) is 0.154. The van der Waals surface area contributed by atoms with Gasteiger partial charge in [0.1, 0.15) is 6.61 Å². The maximum Gasteiger partial charge on any atom is 0.192 e. The highest BCUT2D eigenvalue weighted by atomic mass is 28.4. The number of Topliss-reactive ketones (excluding diaryl/α,β-unsaturated/α-hetero) is 1. The van der Waals surface area contributed by atoms with Gasteiger partial charge in [-0.15, -0.1) is 0 Å². The Kier molecular flexibility index (Phi) is 13.2. The molecule has 5 nitrogen and oxygen atoms in total. The summed E-state index contributed by atoms with van der Waals surface area (Å²) in [4.78, 5) is 12.1. The van der Waals surface area contributed by atoms with Crippen molar-refractivity contribution < 1.29 is 18.7 Å². The molecule has 0 unspecified atom stereocenters. The van der Waals surface area contributed by atoms with Gasteiger partial charge in [0.2, 0.25) is 0 Å². The van der Waals surface area contributed by atoms with Crippen LogP contribution in [0.1, 0.15) is 63.6 Å². The molecule has 0 saturated heterocycles. The monoisotopic (exact) mass is 527 g/mol. The Bertz CT molecular complexity index is 951. The molecule has 0 amide bonds. The Morgan fingerprint density at radius 2 is 1.57 bits per heavy atom. The highest BCUT2D eigenvalue weighted by Gasteiger charge is 2.36. The van der Waals surface area contributed by atoms with Gasteiger partial charge in [-0.2, -0.15) is 0 Å². The van der Waals surface area contributed by atoms with Crippen molar-refractivity contribution in [3.05, 3.63) is 59.2 Å². The van der Waals surface area contributed by atoms with Crippen molar-refractivity contribution in [1.29, 1.82) is 0 Å². The van der Waals surface area contributed by atoms with Gasteiger partial charge < -0.3 is 19.6 Å². The number of aryl methyl sites for hydroxylation is 2. The standard InChI is InChI=1S/C31H49NO4Si/c1-7-26-16-17-29(27-14-12-25(13-15-27)23-36-37(5,6)31(2,3)4)22-28(26)10-8-9-11-30(33)24-35-21-20-34-19-18-32/h12-17,22H,7-11,18-21,23-24,32H2,1-6H3. The zero-order valence-electron chi connectivity index (χ0n) is 24.0. The molecule has 2 aromatic rings. The molecule has 0 radical (unpaired) electrons. The maximum absolute atomic E-state index is 12.1. The van der Waals surface area contributed by atoms with E-state index in [0.29, 0.717) is 39.4 Å². The number of carbonyl (C=O) groups excluding carboxylic acids is 1. The van der Waals surface area contributed by atoms with E-state index in [1.54, 1.807) is 0 Å². The van der Waals surface area contributed by atoms with E-state index >= 15 is 0 Å². The number of carbonyl (C=O) groups is 1. The van der Waals surface area contributed by atoms with Crippen molar-refractivity contribution in [2.75, 3.05) is 33.0 Å². The molecule has 0 saturated carbocycles. The Labute approximate surface area is 226 Å². The summed E-state index contributed by atoms with van der Waals surface area (Å²) in [6.45, 7) is 16.4. The maximum atomic E-state index is 12.1. The van der Waals surface area contributed by atoms with Crippen LogP contribution in [0.2, 0.25) is 18.1 Å². The molecule has 0 aliphatic rings. The first-order valence-corrected chi connectivity index (χ1v) is 16.7. The number of hydrogen-bond acceptors (Lipinski definition) is 5. The number of ether oxygens (including phenoxy) is 2. The minimum Gasteiger partial charge on any atom is -0.413 e. The molecule has 0 heterocycles. The highest BCUT2D eigenvalue weighted by Crippen LogP contribution is 2.37. The first kappa shape index (κ1) is 31.4. The van der Waals surface area contributed by atoms with E-state index in [1.165, 1.54) is 27.8 Å². The molecule has 0 fully saturated rings. The van der Waals surface area contributed by atoms with Crippen molar-refractivity contribution in [2.45, 2.75) is 84.5 Å². The number of hydrogen-bond donors (Lipinski definition) is 1. The van der Waals surface area contributed by atoms with Crippen LogP contribution < -0.4 is 5.73 Å². The third-order valence-electron chi connectivity index (χ3n) is 7.33.